The molecule has 1 saturated heterocycles. The van der Waals surface area contributed by atoms with Crippen molar-refractivity contribution in [3.05, 3.63) is 48.3 Å². The van der Waals surface area contributed by atoms with Gasteiger partial charge in [0, 0.05) is 18.5 Å². The highest BCUT2D eigenvalue weighted by atomic mass is 16.5. The first-order chi connectivity index (χ1) is 10.3. The van der Waals surface area contributed by atoms with Gasteiger partial charge in [-0.1, -0.05) is 0 Å². The lowest BCUT2D eigenvalue weighted by atomic mass is 10.2. The molecule has 0 saturated carbocycles. The average Bonchev–Trinajstić information content (AvgIpc) is 3.02. The summed E-state index contributed by atoms with van der Waals surface area (Å²) in [6, 6.07) is 9.96. The standard InChI is InChI=1S/C17H20N2O2/c1-13-8-9-18-11-17(13)19-14-4-6-15(7-5-14)21-12-16-3-2-10-20-16/h4-9,11,16,19H,2-3,10,12H2,1H3. The van der Waals surface area contributed by atoms with Crippen LogP contribution in [0.15, 0.2) is 42.7 Å². The highest BCUT2D eigenvalue weighted by molar-refractivity contribution is 5.62. The molecule has 3 rings (SSSR count). The van der Waals surface area contributed by atoms with E-state index in [1.165, 1.54) is 5.56 Å². The molecule has 1 atom stereocenters. The zero-order valence-electron chi connectivity index (χ0n) is 12.2. The van der Waals surface area contributed by atoms with Gasteiger partial charge in [-0.15, -0.1) is 0 Å². The van der Waals surface area contributed by atoms with Crippen molar-refractivity contribution in [2.45, 2.75) is 25.9 Å². The van der Waals surface area contributed by atoms with Crippen LogP contribution in [-0.4, -0.2) is 24.3 Å². The molecule has 2 heterocycles. The Kier molecular flexibility index (Phi) is 4.36. The van der Waals surface area contributed by atoms with Crippen molar-refractivity contribution in [3.63, 3.8) is 0 Å². The fraction of sp³-hybridized carbons (Fsp3) is 0.353. The Morgan fingerprint density at radius 2 is 2.14 bits per heavy atom. The summed E-state index contributed by atoms with van der Waals surface area (Å²) in [5.41, 5.74) is 3.21. The normalized spacial score (nSPS) is 17.7. The van der Waals surface area contributed by atoms with E-state index in [0.29, 0.717) is 6.61 Å². The number of pyridine rings is 1. The molecule has 1 aromatic heterocycles. The molecule has 21 heavy (non-hydrogen) atoms. The maximum Gasteiger partial charge on any atom is 0.119 e. The number of aryl methyl sites for hydroxylation is 1. The van der Waals surface area contributed by atoms with Crippen LogP contribution in [0.5, 0.6) is 5.75 Å². The Morgan fingerprint density at radius 1 is 1.29 bits per heavy atom. The molecule has 1 aliphatic heterocycles. The molecular weight excluding hydrogens is 264 g/mol. The lowest BCUT2D eigenvalue weighted by molar-refractivity contribution is 0.0679. The number of hydrogen-bond acceptors (Lipinski definition) is 4. The van der Waals surface area contributed by atoms with Crippen molar-refractivity contribution in [1.82, 2.24) is 4.98 Å². The van der Waals surface area contributed by atoms with Crippen LogP contribution in [-0.2, 0) is 4.74 Å². The quantitative estimate of drug-likeness (QED) is 0.909. The zero-order chi connectivity index (χ0) is 14.5. The number of anilines is 2. The second-order valence-corrected chi connectivity index (χ2v) is 5.29. The van der Waals surface area contributed by atoms with Gasteiger partial charge in [-0.3, -0.25) is 4.98 Å². The van der Waals surface area contributed by atoms with Gasteiger partial charge in [0.15, 0.2) is 0 Å². The Balaban J connectivity index is 1.57. The van der Waals surface area contributed by atoms with Crippen LogP contribution in [0.3, 0.4) is 0 Å². The Hall–Kier alpha value is -2.07. The third-order valence-electron chi connectivity index (χ3n) is 3.63. The number of nitrogens with zero attached hydrogens (tertiary/aromatic N) is 1. The maximum absolute atomic E-state index is 5.75. The Labute approximate surface area is 125 Å². The van der Waals surface area contributed by atoms with Crippen LogP contribution in [0, 0.1) is 6.92 Å². The van der Waals surface area contributed by atoms with E-state index in [1.807, 2.05) is 36.5 Å². The van der Waals surface area contributed by atoms with Crippen molar-refractivity contribution < 1.29 is 9.47 Å². The van der Waals surface area contributed by atoms with Crippen LogP contribution in [0.25, 0.3) is 0 Å². The summed E-state index contributed by atoms with van der Waals surface area (Å²) in [4.78, 5) is 4.13. The largest absolute Gasteiger partial charge is 0.491 e. The predicted octanol–water partition coefficient (Wildman–Crippen LogP) is 3.69. The zero-order valence-corrected chi connectivity index (χ0v) is 12.2. The highest BCUT2D eigenvalue weighted by Gasteiger charge is 2.15. The van der Waals surface area contributed by atoms with Gasteiger partial charge in [0.05, 0.1) is 18.0 Å². The summed E-state index contributed by atoms with van der Waals surface area (Å²) < 4.78 is 11.3. The van der Waals surface area contributed by atoms with Crippen LogP contribution < -0.4 is 10.1 Å². The molecule has 1 unspecified atom stereocenters. The summed E-state index contributed by atoms with van der Waals surface area (Å²) in [5, 5.41) is 3.35. The minimum Gasteiger partial charge on any atom is -0.491 e. The SMILES string of the molecule is Cc1ccncc1Nc1ccc(OCC2CCCO2)cc1. The lowest BCUT2D eigenvalue weighted by Gasteiger charge is -2.12. The van der Waals surface area contributed by atoms with Gasteiger partial charge >= 0.3 is 0 Å². The molecule has 1 aromatic carbocycles. The molecule has 0 bridgehead atoms. The van der Waals surface area contributed by atoms with Crippen LogP contribution in [0.4, 0.5) is 11.4 Å². The van der Waals surface area contributed by atoms with E-state index in [9.17, 15) is 0 Å². The van der Waals surface area contributed by atoms with Gasteiger partial charge in [-0.05, 0) is 55.7 Å². The van der Waals surface area contributed by atoms with E-state index in [4.69, 9.17) is 9.47 Å². The number of rotatable bonds is 5. The molecule has 2 aromatic rings. The van der Waals surface area contributed by atoms with Gasteiger partial charge in [0.2, 0.25) is 0 Å². The monoisotopic (exact) mass is 284 g/mol. The summed E-state index contributed by atoms with van der Waals surface area (Å²) in [7, 11) is 0. The number of hydrogen-bond donors (Lipinski definition) is 1. The van der Waals surface area contributed by atoms with Crippen LogP contribution in [0.1, 0.15) is 18.4 Å². The molecule has 0 radical (unpaired) electrons. The molecule has 1 fully saturated rings. The number of nitrogens with one attached hydrogen (secondary N) is 1. The van der Waals surface area contributed by atoms with Crippen molar-refractivity contribution >= 4 is 11.4 Å². The highest BCUT2D eigenvalue weighted by Crippen LogP contribution is 2.22. The fourth-order valence-electron chi connectivity index (χ4n) is 2.35. The van der Waals surface area contributed by atoms with E-state index in [-0.39, 0.29) is 6.10 Å². The minimum absolute atomic E-state index is 0.251. The molecule has 0 spiro atoms. The molecule has 1 aliphatic rings. The molecule has 4 heteroatoms. The molecule has 0 amide bonds. The predicted molar refractivity (Wildman–Crippen MR) is 83.2 cm³/mol. The van der Waals surface area contributed by atoms with E-state index >= 15 is 0 Å². The summed E-state index contributed by atoms with van der Waals surface area (Å²) in [6.45, 7) is 3.55. The van der Waals surface area contributed by atoms with E-state index in [2.05, 4.69) is 17.2 Å². The smallest absolute Gasteiger partial charge is 0.119 e. The van der Waals surface area contributed by atoms with Crippen molar-refractivity contribution in [2.75, 3.05) is 18.5 Å². The molecule has 1 N–H and O–H groups in total. The van der Waals surface area contributed by atoms with Crippen LogP contribution >= 0.6 is 0 Å². The first-order valence-corrected chi connectivity index (χ1v) is 7.33. The topological polar surface area (TPSA) is 43.4 Å². The Bertz CT molecular complexity index is 578. The van der Waals surface area contributed by atoms with Crippen molar-refractivity contribution in [3.8, 4) is 5.75 Å². The number of benzene rings is 1. The van der Waals surface area contributed by atoms with Gasteiger partial charge in [0.25, 0.3) is 0 Å². The molecule has 0 aliphatic carbocycles. The molecule has 110 valence electrons. The molecular formula is C17H20N2O2. The van der Waals surface area contributed by atoms with E-state index in [0.717, 1.165) is 36.6 Å². The maximum atomic E-state index is 5.75. The van der Waals surface area contributed by atoms with E-state index in [1.54, 1.807) is 6.20 Å². The van der Waals surface area contributed by atoms with Crippen LogP contribution in [0.2, 0.25) is 0 Å². The van der Waals surface area contributed by atoms with Crippen molar-refractivity contribution in [1.29, 1.82) is 0 Å². The number of ether oxygens (including phenoxy) is 2. The van der Waals surface area contributed by atoms with Crippen molar-refractivity contribution in [2.24, 2.45) is 0 Å². The minimum atomic E-state index is 0.251. The third kappa shape index (κ3) is 3.73. The summed E-state index contributed by atoms with van der Waals surface area (Å²) >= 11 is 0. The third-order valence-corrected chi connectivity index (χ3v) is 3.63. The fourth-order valence-corrected chi connectivity index (χ4v) is 2.35. The van der Waals surface area contributed by atoms with Gasteiger partial charge in [-0.2, -0.15) is 0 Å². The first-order valence-electron chi connectivity index (χ1n) is 7.33. The number of aromatic nitrogens is 1. The van der Waals surface area contributed by atoms with Gasteiger partial charge in [-0.25, -0.2) is 0 Å². The first kappa shape index (κ1) is 13.9. The van der Waals surface area contributed by atoms with Gasteiger partial charge in [0.1, 0.15) is 12.4 Å². The van der Waals surface area contributed by atoms with Gasteiger partial charge < -0.3 is 14.8 Å². The lowest BCUT2D eigenvalue weighted by Crippen LogP contribution is -2.16. The Morgan fingerprint density at radius 3 is 2.86 bits per heavy atom. The second kappa shape index (κ2) is 6.59. The second-order valence-electron chi connectivity index (χ2n) is 5.29. The summed E-state index contributed by atoms with van der Waals surface area (Å²) in [6.07, 6.45) is 6.11. The average molecular weight is 284 g/mol. The summed E-state index contributed by atoms with van der Waals surface area (Å²) in [5.74, 6) is 0.874. The van der Waals surface area contributed by atoms with E-state index < -0.39 is 0 Å². The molecule has 4 nitrogen and oxygen atoms in total.